The number of amides is 1. The standard InChI is InChI=1S/C12H19N5O3/c1-3-8-6-9(16(2)14-8)12(18)17-4-5-20-10(7-17)11(13)15-19/h6,10,19H,3-5,7H2,1-2H3,(H2,13,15). The van der Waals surface area contributed by atoms with Gasteiger partial charge in [-0.25, -0.2) is 0 Å². The molecule has 0 bridgehead atoms. The van der Waals surface area contributed by atoms with E-state index in [0.717, 1.165) is 12.1 Å². The molecule has 1 aliphatic heterocycles. The van der Waals surface area contributed by atoms with Gasteiger partial charge in [-0.15, -0.1) is 0 Å². The molecule has 2 rings (SSSR count). The smallest absolute Gasteiger partial charge is 0.272 e. The molecule has 1 amide bonds. The SMILES string of the molecule is CCc1cc(C(=O)N2CCOC(C(N)=NO)C2)n(C)n1. The molecule has 0 saturated carbocycles. The van der Waals surface area contributed by atoms with Gasteiger partial charge < -0.3 is 20.6 Å². The number of hydrogen-bond acceptors (Lipinski definition) is 5. The fraction of sp³-hybridized carbons (Fsp3) is 0.583. The minimum absolute atomic E-state index is 0.0262. The van der Waals surface area contributed by atoms with Crippen molar-refractivity contribution < 1.29 is 14.7 Å². The van der Waals surface area contributed by atoms with Gasteiger partial charge in [0.25, 0.3) is 5.91 Å². The van der Waals surface area contributed by atoms with Crippen LogP contribution < -0.4 is 5.73 Å². The highest BCUT2D eigenvalue weighted by Gasteiger charge is 2.29. The molecule has 1 aromatic rings. The number of aromatic nitrogens is 2. The van der Waals surface area contributed by atoms with Gasteiger partial charge in [0.15, 0.2) is 5.84 Å². The Morgan fingerprint density at radius 2 is 2.45 bits per heavy atom. The molecule has 0 spiro atoms. The van der Waals surface area contributed by atoms with Crippen LogP contribution in [0.5, 0.6) is 0 Å². The second-order valence-electron chi connectivity index (χ2n) is 4.63. The summed E-state index contributed by atoms with van der Waals surface area (Å²) in [4.78, 5) is 14.1. The fourth-order valence-corrected chi connectivity index (χ4v) is 2.14. The van der Waals surface area contributed by atoms with E-state index in [9.17, 15) is 4.79 Å². The zero-order valence-electron chi connectivity index (χ0n) is 11.6. The van der Waals surface area contributed by atoms with Crippen molar-refractivity contribution >= 4 is 11.7 Å². The Morgan fingerprint density at radius 3 is 3.05 bits per heavy atom. The summed E-state index contributed by atoms with van der Waals surface area (Å²) < 4.78 is 6.95. The molecule has 1 aromatic heterocycles. The Hall–Kier alpha value is -2.09. The van der Waals surface area contributed by atoms with E-state index in [0.29, 0.717) is 18.8 Å². The summed E-state index contributed by atoms with van der Waals surface area (Å²) in [6.07, 6.45) is 0.202. The first kappa shape index (κ1) is 14.3. The maximum absolute atomic E-state index is 12.5. The maximum Gasteiger partial charge on any atom is 0.272 e. The van der Waals surface area contributed by atoms with Crippen LogP contribution in [0.15, 0.2) is 11.2 Å². The minimum atomic E-state index is -0.573. The number of carbonyl (C=O) groups excluding carboxylic acids is 1. The molecule has 0 aromatic carbocycles. The van der Waals surface area contributed by atoms with Crippen molar-refractivity contribution in [3.05, 3.63) is 17.5 Å². The van der Waals surface area contributed by atoms with Crippen molar-refractivity contribution in [1.82, 2.24) is 14.7 Å². The van der Waals surface area contributed by atoms with Gasteiger partial charge in [0.2, 0.25) is 0 Å². The molecule has 2 heterocycles. The predicted molar refractivity (Wildman–Crippen MR) is 71.6 cm³/mol. The van der Waals surface area contributed by atoms with E-state index in [1.54, 1.807) is 22.7 Å². The summed E-state index contributed by atoms with van der Waals surface area (Å²) in [7, 11) is 1.74. The lowest BCUT2D eigenvalue weighted by molar-refractivity contribution is 0.00624. The summed E-state index contributed by atoms with van der Waals surface area (Å²) >= 11 is 0. The van der Waals surface area contributed by atoms with Gasteiger partial charge in [-0.1, -0.05) is 12.1 Å². The van der Waals surface area contributed by atoms with Crippen LogP contribution >= 0.6 is 0 Å². The lowest BCUT2D eigenvalue weighted by Crippen LogP contribution is -2.50. The van der Waals surface area contributed by atoms with Crippen LogP contribution in [0.1, 0.15) is 23.1 Å². The number of hydrogen-bond donors (Lipinski definition) is 2. The molecule has 0 aliphatic carbocycles. The summed E-state index contributed by atoms with van der Waals surface area (Å²) in [5.74, 6) is -0.152. The number of oxime groups is 1. The minimum Gasteiger partial charge on any atom is -0.409 e. The van der Waals surface area contributed by atoms with E-state index in [2.05, 4.69) is 10.3 Å². The number of morpholine rings is 1. The zero-order valence-corrected chi connectivity index (χ0v) is 11.6. The molecule has 3 N–H and O–H groups in total. The van der Waals surface area contributed by atoms with Gasteiger partial charge in [-0.3, -0.25) is 9.48 Å². The first-order valence-corrected chi connectivity index (χ1v) is 6.48. The largest absolute Gasteiger partial charge is 0.409 e. The first-order valence-electron chi connectivity index (χ1n) is 6.48. The summed E-state index contributed by atoms with van der Waals surface area (Å²) in [5.41, 5.74) is 6.93. The number of nitrogens with two attached hydrogens (primary N) is 1. The average Bonchev–Trinajstić information content (AvgIpc) is 2.87. The highest BCUT2D eigenvalue weighted by Crippen LogP contribution is 2.12. The molecular formula is C12H19N5O3. The third-order valence-corrected chi connectivity index (χ3v) is 3.31. The molecule has 8 heteroatoms. The first-order chi connectivity index (χ1) is 9.56. The number of carbonyl (C=O) groups is 1. The molecule has 0 radical (unpaired) electrons. The summed E-state index contributed by atoms with van der Waals surface area (Å²) in [6.45, 7) is 3.08. The molecular weight excluding hydrogens is 262 g/mol. The molecule has 20 heavy (non-hydrogen) atoms. The number of aryl methyl sites for hydroxylation is 2. The predicted octanol–water partition coefficient (Wildman–Crippen LogP) is -0.430. The quantitative estimate of drug-likeness (QED) is 0.338. The molecule has 110 valence electrons. The molecule has 1 fully saturated rings. The van der Waals surface area contributed by atoms with E-state index in [4.69, 9.17) is 15.7 Å². The van der Waals surface area contributed by atoms with Crippen LogP contribution in [0.2, 0.25) is 0 Å². The van der Waals surface area contributed by atoms with Gasteiger partial charge in [-0.05, 0) is 12.5 Å². The molecule has 1 saturated heterocycles. The van der Waals surface area contributed by atoms with Crippen LogP contribution in [0.4, 0.5) is 0 Å². The zero-order chi connectivity index (χ0) is 14.7. The normalized spacial score (nSPS) is 20.2. The maximum atomic E-state index is 12.5. The highest BCUT2D eigenvalue weighted by atomic mass is 16.5. The molecule has 1 unspecified atom stereocenters. The summed E-state index contributed by atoms with van der Waals surface area (Å²) in [5, 5.41) is 15.9. The van der Waals surface area contributed by atoms with Gasteiger partial charge >= 0.3 is 0 Å². The van der Waals surface area contributed by atoms with Gasteiger partial charge in [0, 0.05) is 13.6 Å². The van der Waals surface area contributed by atoms with Gasteiger partial charge in [0.1, 0.15) is 11.8 Å². The van der Waals surface area contributed by atoms with Crippen LogP contribution in [0.3, 0.4) is 0 Å². The van der Waals surface area contributed by atoms with Crippen molar-refractivity contribution in [3.8, 4) is 0 Å². The number of ether oxygens (including phenoxy) is 1. The summed E-state index contributed by atoms with van der Waals surface area (Å²) in [6, 6.07) is 1.79. The average molecular weight is 281 g/mol. The molecule has 8 nitrogen and oxygen atoms in total. The van der Waals surface area contributed by atoms with E-state index >= 15 is 0 Å². The van der Waals surface area contributed by atoms with Crippen molar-refractivity contribution in [1.29, 1.82) is 0 Å². The second kappa shape index (κ2) is 5.91. The van der Waals surface area contributed by atoms with Gasteiger partial charge in [0.05, 0.1) is 18.8 Å². The second-order valence-corrected chi connectivity index (χ2v) is 4.63. The Balaban J connectivity index is 2.14. The van der Waals surface area contributed by atoms with Crippen molar-refractivity contribution in [2.45, 2.75) is 19.4 Å². The van der Waals surface area contributed by atoms with E-state index in [1.807, 2.05) is 6.92 Å². The topological polar surface area (TPSA) is 106 Å². The Labute approximate surface area is 116 Å². The Morgan fingerprint density at radius 1 is 1.70 bits per heavy atom. The van der Waals surface area contributed by atoms with Crippen LogP contribution in [-0.4, -0.2) is 57.4 Å². The van der Waals surface area contributed by atoms with E-state index in [-0.39, 0.29) is 18.3 Å². The molecule has 1 aliphatic rings. The van der Waals surface area contributed by atoms with Crippen molar-refractivity contribution in [2.75, 3.05) is 19.7 Å². The van der Waals surface area contributed by atoms with Crippen LogP contribution in [0.25, 0.3) is 0 Å². The van der Waals surface area contributed by atoms with Gasteiger partial charge in [-0.2, -0.15) is 5.10 Å². The highest BCUT2D eigenvalue weighted by molar-refractivity contribution is 5.93. The lowest BCUT2D eigenvalue weighted by atomic mass is 10.2. The third-order valence-electron chi connectivity index (χ3n) is 3.31. The van der Waals surface area contributed by atoms with Crippen LogP contribution in [0, 0.1) is 0 Å². The third kappa shape index (κ3) is 2.74. The number of amidine groups is 1. The number of nitrogens with zero attached hydrogens (tertiary/aromatic N) is 4. The monoisotopic (exact) mass is 281 g/mol. The lowest BCUT2D eigenvalue weighted by Gasteiger charge is -2.32. The van der Waals surface area contributed by atoms with E-state index in [1.165, 1.54) is 0 Å². The Kier molecular flexibility index (Phi) is 4.23. The van der Waals surface area contributed by atoms with Crippen LogP contribution in [-0.2, 0) is 18.2 Å². The fourth-order valence-electron chi connectivity index (χ4n) is 2.14. The Bertz CT molecular complexity index is 525. The molecule has 1 atom stereocenters. The van der Waals surface area contributed by atoms with Crippen molar-refractivity contribution in [3.63, 3.8) is 0 Å². The van der Waals surface area contributed by atoms with E-state index < -0.39 is 6.10 Å². The van der Waals surface area contributed by atoms with Crippen molar-refractivity contribution in [2.24, 2.45) is 17.9 Å². The number of rotatable bonds is 3.